The highest BCUT2D eigenvalue weighted by Gasteiger charge is 2.17. The summed E-state index contributed by atoms with van der Waals surface area (Å²) in [5.74, 6) is 6.06. The van der Waals surface area contributed by atoms with E-state index in [-0.39, 0.29) is 12.5 Å². The Balaban J connectivity index is 2.80. The van der Waals surface area contributed by atoms with Crippen molar-refractivity contribution in [1.82, 2.24) is 4.90 Å². The van der Waals surface area contributed by atoms with E-state index in [4.69, 9.17) is 5.11 Å². The summed E-state index contributed by atoms with van der Waals surface area (Å²) in [5.41, 5.74) is 1.50. The first-order chi connectivity index (χ1) is 10.2. The van der Waals surface area contributed by atoms with Gasteiger partial charge < -0.3 is 10.0 Å². The van der Waals surface area contributed by atoms with Gasteiger partial charge in [0, 0.05) is 24.2 Å². The molecule has 114 valence electrons. The van der Waals surface area contributed by atoms with Crippen LogP contribution in [0.3, 0.4) is 0 Å². The van der Waals surface area contributed by atoms with Crippen molar-refractivity contribution in [3.63, 3.8) is 0 Å². The molecule has 3 heteroatoms. The summed E-state index contributed by atoms with van der Waals surface area (Å²) in [4.78, 5) is 14.4. The molecule has 1 aromatic carbocycles. The van der Waals surface area contributed by atoms with E-state index < -0.39 is 0 Å². The number of hydrogen-bond donors (Lipinski definition) is 1. The van der Waals surface area contributed by atoms with Crippen LogP contribution in [0.15, 0.2) is 24.3 Å². The van der Waals surface area contributed by atoms with Gasteiger partial charge >= 0.3 is 0 Å². The molecule has 3 nitrogen and oxygen atoms in total. The van der Waals surface area contributed by atoms with E-state index in [0.29, 0.717) is 11.5 Å². The molecule has 0 aliphatic heterocycles. The summed E-state index contributed by atoms with van der Waals surface area (Å²) in [6.07, 6.45) is 2.19. The van der Waals surface area contributed by atoms with Crippen LogP contribution in [-0.2, 0) is 0 Å². The van der Waals surface area contributed by atoms with Gasteiger partial charge in [-0.2, -0.15) is 0 Å². The molecule has 0 saturated carbocycles. The fraction of sp³-hybridized carbons (Fsp3) is 0.500. The third kappa shape index (κ3) is 5.24. The molecule has 0 bridgehead atoms. The molecule has 1 amide bonds. The van der Waals surface area contributed by atoms with Gasteiger partial charge in [-0.15, -0.1) is 0 Å². The van der Waals surface area contributed by atoms with E-state index in [2.05, 4.69) is 25.7 Å². The van der Waals surface area contributed by atoms with Crippen LogP contribution in [0, 0.1) is 17.8 Å². The fourth-order valence-corrected chi connectivity index (χ4v) is 2.23. The minimum Gasteiger partial charge on any atom is -0.384 e. The topological polar surface area (TPSA) is 40.5 Å². The minimum atomic E-state index is -0.153. The van der Waals surface area contributed by atoms with Crippen molar-refractivity contribution < 1.29 is 9.90 Å². The Hall–Kier alpha value is -1.79. The van der Waals surface area contributed by atoms with Crippen LogP contribution < -0.4 is 0 Å². The minimum absolute atomic E-state index is 0.0751. The number of aliphatic hydroxyl groups is 1. The summed E-state index contributed by atoms with van der Waals surface area (Å²) in [7, 11) is 0. The van der Waals surface area contributed by atoms with Crippen LogP contribution in [0.25, 0.3) is 0 Å². The summed E-state index contributed by atoms with van der Waals surface area (Å²) in [6.45, 7) is 7.74. The predicted molar refractivity (Wildman–Crippen MR) is 86.1 cm³/mol. The highest BCUT2D eigenvalue weighted by Crippen LogP contribution is 2.13. The number of carbonyl (C=O) groups excluding carboxylic acids is 1. The second-order valence-corrected chi connectivity index (χ2v) is 5.06. The van der Waals surface area contributed by atoms with Crippen LogP contribution >= 0.6 is 0 Å². The predicted octanol–water partition coefficient (Wildman–Crippen LogP) is 2.93. The fourth-order valence-electron chi connectivity index (χ4n) is 2.23. The zero-order valence-electron chi connectivity index (χ0n) is 13.2. The van der Waals surface area contributed by atoms with Gasteiger partial charge in [-0.05, 0) is 37.1 Å². The van der Waals surface area contributed by atoms with Gasteiger partial charge in [0.2, 0.25) is 0 Å². The molecule has 1 aromatic rings. The molecule has 0 spiro atoms. The molecule has 0 saturated heterocycles. The first-order valence-electron chi connectivity index (χ1n) is 7.65. The third-order valence-corrected chi connectivity index (χ3v) is 3.75. The number of nitrogens with zero attached hydrogens (tertiary/aromatic N) is 1. The van der Waals surface area contributed by atoms with E-state index in [9.17, 15) is 4.79 Å². The lowest BCUT2D eigenvalue weighted by Crippen LogP contribution is -2.35. The molecule has 0 aliphatic carbocycles. The highest BCUT2D eigenvalue weighted by molar-refractivity contribution is 5.94. The molecule has 1 rings (SSSR count). The van der Waals surface area contributed by atoms with Crippen molar-refractivity contribution in [2.45, 2.75) is 33.6 Å². The van der Waals surface area contributed by atoms with Gasteiger partial charge in [0.25, 0.3) is 5.91 Å². The lowest BCUT2D eigenvalue weighted by molar-refractivity contribution is 0.0735. The van der Waals surface area contributed by atoms with Gasteiger partial charge in [0.1, 0.15) is 6.61 Å². The molecular formula is C18H25NO2. The van der Waals surface area contributed by atoms with E-state index in [1.807, 2.05) is 24.0 Å². The first-order valence-corrected chi connectivity index (χ1v) is 7.65. The average molecular weight is 287 g/mol. The van der Waals surface area contributed by atoms with Crippen molar-refractivity contribution in [3.05, 3.63) is 35.4 Å². The molecule has 0 atom stereocenters. The maximum Gasteiger partial charge on any atom is 0.253 e. The Morgan fingerprint density at radius 2 is 1.81 bits per heavy atom. The van der Waals surface area contributed by atoms with Crippen molar-refractivity contribution in [3.8, 4) is 11.8 Å². The lowest BCUT2D eigenvalue weighted by atomic mass is 10.0. The number of benzene rings is 1. The molecule has 0 radical (unpaired) electrons. The van der Waals surface area contributed by atoms with Crippen LogP contribution in [0.4, 0.5) is 0 Å². The van der Waals surface area contributed by atoms with Gasteiger partial charge in [-0.1, -0.05) is 38.5 Å². The van der Waals surface area contributed by atoms with E-state index >= 15 is 0 Å². The Morgan fingerprint density at radius 3 is 2.29 bits per heavy atom. The molecule has 1 N–H and O–H groups in total. The third-order valence-electron chi connectivity index (χ3n) is 3.75. The van der Waals surface area contributed by atoms with Crippen molar-refractivity contribution in [2.24, 2.45) is 5.92 Å². The zero-order chi connectivity index (χ0) is 15.7. The summed E-state index contributed by atoms with van der Waals surface area (Å²) >= 11 is 0. The number of hydrogen-bond acceptors (Lipinski definition) is 2. The normalized spacial score (nSPS) is 10.1. The smallest absolute Gasteiger partial charge is 0.253 e. The molecule has 0 unspecified atom stereocenters. The second-order valence-electron chi connectivity index (χ2n) is 5.06. The van der Waals surface area contributed by atoms with Crippen LogP contribution in [0.5, 0.6) is 0 Å². The lowest BCUT2D eigenvalue weighted by Gasteiger charge is -2.25. The average Bonchev–Trinajstić information content (AvgIpc) is 2.54. The molecule has 0 aliphatic rings. The largest absolute Gasteiger partial charge is 0.384 e. The Bertz CT molecular complexity index is 492. The Labute approximate surface area is 128 Å². The SMILES string of the molecule is CCC(CC)CN(CC)C(=O)c1ccc(C#CCO)cc1. The van der Waals surface area contributed by atoms with Gasteiger partial charge in [-0.25, -0.2) is 0 Å². The van der Waals surface area contributed by atoms with Crippen LogP contribution in [-0.4, -0.2) is 35.6 Å². The molecular weight excluding hydrogens is 262 g/mol. The van der Waals surface area contributed by atoms with Gasteiger partial charge in [-0.3, -0.25) is 4.79 Å². The summed E-state index contributed by atoms with van der Waals surface area (Å²) in [5, 5.41) is 8.67. The number of carbonyl (C=O) groups is 1. The summed E-state index contributed by atoms with van der Waals surface area (Å²) in [6, 6.07) is 7.25. The van der Waals surface area contributed by atoms with Crippen molar-refractivity contribution >= 4 is 5.91 Å². The molecule has 0 fully saturated rings. The first kappa shape index (κ1) is 17.3. The monoisotopic (exact) mass is 287 g/mol. The van der Waals surface area contributed by atoms with E-state index in [1.165, 1.54) is 0 Å². The van der Waals surface area contributed by atoms with Crippen molar-refractivity contribution in [1.29, 1.82) is 0 Å². The summed E-state index contributed by atoms with van der Waals surface area (Å²) < 4.78 is 0. The van der Waals surface area contributed by atoms with E-state index in [0.717, 1.165) is 31.5 Å². The maximum atomic E-state index is 12.5. The number of rotatable bonds is 6. The van der Waals surface area contributed by atoms with Crippen molar-refractivity contribution in [2.75, 3.05) is 19.7 Å². The van der Waals surface area contributed by atoms with Crippen LogP contribution in [0.2, 0.25) is 0 Å². The standard InChI is InChI=1S/C18H25NO2/c1-4-15(5-2)14-19(6-3)18(21)17-11-9-16(10-12-17)8-7-13-20/h9-12,15,20H,4-6,13-14H2,1-3H3. The van der Waals surface area contributed by atoms with E-state index in [1.54, 1.807) is 12.1 Å². The highest BCUT2D eigenvalue weighted by atomic mass is 16.2. The molecule has 0 heterocycles. The maximum absolute atomic E-state index is 12.5. The quantitative estimate of drug-likeness (QED) is 0.817. The Kier molecular flexibility index (Phi) is 7.56. The molecule has 21 heavy (non-hydrogen) atoms. The second kappa shape index (κ2) is 9.20. The number of aliphatic hydroxyl groups excluding tert-OH is 1. The Morgan fingerprint density at radius 1 is 1.19 bits per heavy atom. The molecule has 0 aromatic heterocycles. The van der Waals surface area contributed by atoms with Crippen LogP contribution in [0.1, 0.15) is 49.5 Å². The van der Waals surface area contributed by atoms with Gasteiger partial charge in [0.15, 0.2) is 0 Å². The zero-order valence-corrected chi connectivity index (χ0v) is 13.2. The van der Waals surface area contributed by atoms with Gasteiger partial charge in [0.05, 0.1) is 0 Å². The number of amides is 1.